The number of hydrogen-bond donors (Lipinski definition) is 3. The van der Waals surface area contributed by atoms with Gasteiger partial charge < -0.3 is 20.3 Å². The van der Waals surface area contributed by atoms with Crippen LogP contribution < -0.4 is 5.32 Å². The molecule has 0 bridgehead atoms. The maximum atomic E-state index is 12.6. The van der Waals surface area contributed by atoms with Gasteiger partial charge in [-0.25, -0.2) is 0 Å². The molecule has 0 radical (unpaired) electrons. The molecule has 0 aliphatic carbocycles. The third-order valence-corrected chi connectivity index (χ3v) is 20.8. The lowest BCUT2D eigenvalue weighted by Crippen LogP contribution is -2.45. The third-order valence-electron chi connectivity index (χ3n) is 20.8. The van der Waals surface area contributed by atoms with Gasteiger partial charge in [0.2, 0.25) is 5.91 Å². The Morgan fingerprint density at radius 1 is 0.289 bits per heavy atom. The Morgan fingerprint density at radius 3 is 0.814 bits per heavy atom. The first-order chi connectivity index (χ1) is 48.0. The van der Waals surface area contributed by atoms with Crippen molar-refractivity contribution >= 4 is 11.9 Å². The van der Waals surface area contributed by atoms with Gasteiger partial charge in [0.15, 0.2) is 0 Å². The van der Waals surface area contributed by atoms with Crippen molar-refractivity contribution in [2.45, 2.75) is 508 Å². The average molecular weight is 1360 g/mol. The summed E-state index contributed by atoms with van der Waals surface area (Å²) in [6.45, 7) is 4.93. The number of amides is 1. The molecule has 0 aromatic rings. The van der Waals surface area contributed by atoms with Crippen LogP contribution in [0.1, 0.15) is 495 Å². The monoisotopic (exact) mass is 1360 g/mol. The topological polar surface area (TPSA) is 95.9 Å². The van der Waals surface area contributed by atoms with Gasteiger partial charge in [-0.2, -0.15) is 0 Å². The van der Waals surface area contributed by atoms with E-state index in [1.54, 1.807) is 6.08 Å². The Hall–Kier alpha value is -2.18. The normalized spacial score (nSPS) is 12.7. The van der Waals surface area contributed by atoms with Crippen molar-refractivity contribution in [3.63, 3.8) is 0 Å². The molecular formula is C91H173NO5. The van der Waals surface area contributed by atoms with E-state index in [4.69, 9.17) is 4.74 Å². The van der Waals surface area contributed by atoms with Crippen molar-refractivity contribution in [2.24, 2.45) is 0 Å². The van der Waals surface area contributed by atoms with E-state index in [1.807, 2.05) is 6.08 Å². The van der Waals surface area contributed by atoms with Crippen LogP contribution in [0.3, 0.4) is 0 Å². The fourth-order valence-electron chi connectivity index (χ4n) is 14.1. The zero-order valence-corrected chi connectivity index (χ0v) is 65.8. The smallest absolute Gasteiger partial charge is 0.305 e. The molecule has 0 saturated heterocycles. The number of carbonyl (C=O) groups is 2. The Bertz CT molecular complexity index is 1620. The highest BCUT2D eigenvalue weighted by Crippen LogP contribution is 2.21. The number of rotatable bonds is 84. The minimum absolute atomic E-state index is 0.0193. The van der Waals surface area contributed by atoms with E-state index < -0.39 is 12.1 Å². The summed E-state index contributed by atoms with van der Waals surface area (Å²) in [5, 5.41) is 23.3. The number of aliphatic hydroxyl groups is 2. The second kappa shape index (κ2) is 86.2. The lowest BCUT2D eigenvalue weighted by molar-refractivity contribution is -0.143. The molecule has 0 aliphatic heterocycles. The Balaban J connectivity index is 3.34. The SMILES string of the molecule is CCCCC/C=C\C/C=C\CCCCCCCCCCCC(=O)OCCCCCCCCCCCCCCCCCCCC/C=C\CCCCCCCCCCCCCCCCCCCC(=O)NC(CO)C(O)/C=C/CCCCCCCCCCCCCCCCCCCCCC. The van der Waals surface area contributed by atoms with E-state index in [0.717, 1.165) is 44.9 Å². The molecule has 97 heavy (non-hydrogen) atoms. The van der Waals surface area contributed by atoms with Crippen molar-refractivity contribution in [1.29, 1.82) is 0 Å². The Kier molecular flexibility index (Phi) is 84.3. The maximum absolute atomic E-state index is 12.6. The molecule has 1 amide bonds. The molecule has 3 N–H and O–H groups in total. The van der Waals surface area contributed by atoms with Gasteiger partial charge in [-0.05, 0) is 89.9 Å². The van der Waals surface area contributed by atoms with Crippen LogP contribution in [0.5, 0.6) is 0 Å². The molecule has 0 heterocycles. The average Bonchev–Trinajstić information content (AvgIpc) is 2.51. The number of nitrogens with one attached hydrogen (secondary N) is 1. The van der Waals surface area contributed by atoms with Crippen molar-refractivity contribution in [2.75, 3.05) is 13.2 Å². The minimum Gasteiger partial charge on any atom is -0.466 e. The lowest BCUT2D eigenvalue weighted by Gasteiger charge is -2.20. The maximum Gasteiger partial charge on any atom is 0.305 e. The largest absolute Gasteiger partial charge is 0.466 e. The first-order valence-electron chi connectivity index (χ1n) is 44.4. The quantitative estimate of drug-likeness (QED) is 0.0320. The highest BCUT2D eigenvalue weighted by atomic mass is 16.5. The summed E-state index contributed by atoms with van der Waals surface area (Å²) in [4.78, 5) is 24.7. The number of allylic oxidation sites excluding steroid dienone is 7. The van der Waals surface area contributed by atoms with Crippen LogP contribution in [0.15, 0.2) is 48.6 Å². The van der Waals surface area contributed by atoms with Crippen molar-refractivity contribution < 1.29 is 24.5 Å². The lowest BCUT2D eigenvalue weighted by atomic mass is 10.0. The van der Waals surface area contributed by atoms with E-state index in [0.29, 0.717) is 19.4 Å². The van der Waals surface area contributed by atoms with Crippen LogP contribution in [-0.4, -0.2) is 47.4 Å². The molecule has 0 aromatic heterocycles. The van der Waals surface area contributed by atoms with Gasteiger partial charge in [0, 0.05) is 12.8 Å². The fraction of sp³-hybridized carbons (Fsp3) is 0.890. The van der Waals surface area contributed by atoms with E-state index in [-0.39, 0.29) is 18.5 Å². The summed E-state index contributed by atoms with van der Waals surface area (Å²) in [7, 11) is 0. The van der Waals surface area contributed by atoms with Gasteiger partial charge in [0.25, 0.3) is 0 Å². The van der Waals surface area contributed by atoms with E-state index in [2.05, 4.69) is 55.6 Å². The Labute approximate surface area is 607 Å². The highest BCUT2D eigenvalue weighted by Gasteiger charge is 2.18. The van der Waals surface area contributed by atoms with Crippen LogP contribution in [0.25, 0.3) is 0 Å². The van der Waals surface area contributed by atoms with Gasteiger partial charge in [-0.15, -0.1) is 0 Å². The molecule has 0 fully saturated rings. The van der Waals surface area contributed by atoms with Crippen molar-refractivity contribution in [3.8, 4) is 0 Å². The second-order valence-electron chi connectivity index (χ2n) is 30.6. The molecule has 2 atom stereocenters. The predicted octanol–water partition coefficient (Wildman–Crippen LogP) is 29.9. The molecule has 0 rings (SSSR count). The highest BCUT2D eigenvalue weighted by molar-refractivity contribution is 5.76. The third kappa shape index (κ3) is 82.7. The van der Waals surface area contributed by atoms with Gasteiger partial charge in [0.1, 0.15) is 0 Å². The first kappa shape index (κ1) is 94.8. The van der Waals surface area contributed by atoms with Crippen molar-refractivity contribution in [3.05, 3.63) is 48.6 Å². The predicted molar refractivity (Wildman–Crippen MR) is 430 cm³/mol. The molecule has 6 nitrogen and oxygen atoms in total. The van der Waals surface area contributed by atoms with Crippen LogP contribution in [-0.2, 0) is 14.3 Å². The number of unbranched alkanes of at least 4 members (excludes halogenated alkanes) is 67. The molecular weight excluding hydrogens is 1190 g/mol. The van der Waals surface area contributed by atoms with Gasteiger partial charge >= 0.3 is 5.97 Å². The summed E-state index contributed by atoms with van der Waals surface area (Å²) < 4.78 is 5.52. The number of carbonyl (C=O) groups excluding carboxylic acids is 2. The number of esters is 1. The Morgan fingerprint density at radius 2 is 0.515 bits per heavy atom. The van der Waals surface area contributed by atoms with E-state index in [9.17, 15) is 19.8 Å². The number of aliphatic hydroxyl groups excluding tert-OH is 2. The zero-order valence-electron chi connectivity index (χ0n) is 65.8. The standard InChI is InChI=1S/C91H173NO5/c1-3-5-7-9-11-13-15-17-19-21-23-24-44-48-51-55-59-63-67-71-75-79-83-89(94)88(87-93)92-90(95)84-80-76-72-68-64-60-56-52-49-45-42-40-38-36-34-32-30-28-26-25-27-29-31-33-35-37-39-41-43-46-50-54-58-62-66-70-74-78-82-86-97-91(96)85-81-77-73-69-65-61-57-53-47-22-20-18-16-14-12-10-8-6-4-2/h12,14,18,20,25-26,79,83,88-89,93-94H,3-11,13,15-17,19,21-24,27-78,80-82,84-87H2,1-2H3,(H,92,95)/b14-12-,20-18-,26-25-,83-79+. The summed E-state index contributed by atoms with van der Waals surface area (Å²) in [5.74, 6) is -0.0393. The van der Waals surface area contributed by atoms with Crippen LogP contribution >= 0.6 is 0 Å². The van der Waals surface area contributed by atoms with E-state index >= 15 is 0 Å². The van der Waals surface area contributed by atoms with Crippen LogP contribution in [0.2, 0.25) is 0 Å². The minimum atomic E-state index is -0.843. The van der Waals surface area contributed by atoms with Crippen LogP contribution in [0, 0.1) is 0 Å². The summed E-state index contributed by atoms with van der Waals surface area (Å²) in [6.07, 6.45) is 116. The molecule has 0 saturated carbocycles. The van der Waals surface area contributed by atoms with Crippen molar-refractivity contribution in [1.82, 2.24) is 5.32 Å². The van der Waals surface area contributed by atoms with Gasteiger partial charge in [-0.1, -0.05) is 441 Å². The van der Waals surface area contributed by atoms with Gasteiger partial charge in [-0.3, -0.25) is 9.59 Å². The molecule has 572 valence electrons. The number of ether oxygens (including phenoxy) is 1. The zero-order chi connectivity index (χ0) is 69.8. The molecule has 0 aromatic carbocycles. The molecule has 6 heteroatoms. The molecule has 2 unspecified atom stereocenters. The van der Waals surface area contributed by atoms with Crippen LogP contribution in [0.4, 0.5) is 0 Å². The second-order valence-corrected chi connectivity index (χ2v) is 30.6. The van der Waals surface area contributed by atoms with E-state index in [1.165, 1.54) is 424 Å². The first-order valence-corrected chi connectivity index (χ1v) is 44.4. The van der Waals surface area contributed by atoms with Gasteiger partial charge in [0.05, 0.1) is 25.4 Å². The molecule has 0 aliphatic rings. The fourth-order valence-corrected chi connectivity index (χ4v) is 14.1. The molecule has 0 spiro atoms. The summed E-state index contributed by atoms with van der Waals surface area (Å²) in [6, 6.07) is -0.626. The number of hydrogen-bond acceptors (Lipinski definition) is 5. The summed E-state index contributed by atoms with van der Waals surface area (Å²) in [5.41, 5.74) is 0. The summed E-state index contributed by atoms with van der Waals surface area (Å²) >= 11 is 0.